The second kappa shape index (κ2) is 4.87. The second-order valence-electron chi connectivity index (χ2n) is 4.92. The van der Waals surface area contributed by atoms with Crippen molar-refractivity contribution in [1.82, 2.24) is 35.0 Å². The van der Waals surface area contributed by atoms with Crippen molar-refractivity contribution in [3.63, 3.8) is 0 Å². The molecule has 0 aromatic carbocycles. The maximum atomic E-state index is 4.34. The molecule has 8 heteroatoms. The number of tetrazole rings is 1. The maximum Gasteiger partial charge on any atom is 0.200 e. The third kappa shape index (κ3) is 2.31. The van der Waals surface area contributed by atoms with E-state index < -0.39 is 0 Å². The van der Waals surface area contributed by atoms with Crippen LogP contribution in [0.5, 0.6) is 0 Å². The van der Waals surface area contributed by atoms with Crippen molar-refractivity contribution in [2.45, 2.75) is 32.9 Å². The van der Waals surface area contributed by atoms with Gasteiger partial charge in [-0.25, -0.2) is 0 Å². The molecule has 0 spiro atoms. The van der Waals surface area contributed by atoms with E-state index in [2.05, 4.69) is 44.9 Å². The highest BCUT2D eigenvalue weighted by Crippen LogP contribution is 2.15. The van der Waals surface area contributed by atoms with Gasteiger partial charge in [0.2, 0.25) is 0 Å². The Morgan fingerprint density at radius 2 is 2.10 bits per heavy atom. The van der Waals surface area contributed by atoms with Gasteiger partial charge >= 0.3 is 0 Å². The van der Waals surface area contributed by atoms with E-state index in [0.29, 0.717) is 5.65 Å². The predicted octanol–water partition coefficient (Wildman–Crippen LogP) is 1.09. The number of hydrogen-bond acceptors (Lipinski definition) is 6. The smallest absolute Gasteiger partial charge is 0.200 e. The number of anilines is 1. The standard InChI is InChI=1S/C12H16N8/c1-8-6-13-19(7-8)10(3)9(2)14-11-4-5-12-15-17-18-20(12)16-11/h4-7,9-10H,1-3H3,(H,14,16). The van der Waals surface area contributed by atoms with Gasteiger partial charge in [0.1, 0.15) is 5.82 Å². The van der Waals surface area contributed by atoms with Gasteiger partial charge in [0.25, 0.3) is 0 Å². The zero-order valence-electron chi connectivity index (χ0n) is 11.6. The molecule has 0 saturated heterocycles. The molecule has 0 amide bonds. The van der Waals surface area contributed by atoms with Crippen LogP contribution in [0.25, 0.3) is 5.65 Å². The fraction of sp³-hybridized carbons (Fsp3) is 0.417. The molecule has 20 heavy (non-hydrogen) atoms. The molecular formula is C12H16N8. The van der Waals surface area contributed by atoms with E-state index in [1.807, 2.05) is 36.1 Å². The zero-order valence-corrected chi connectivity index (χ0v) is 11.6. The van der Waals surface area contributed by atoms with Gasteiger partial charge in [-0.15, -0.1) is 14.8 Å². The highest BCUT2D eigenvalue weighted by atomic mass is 15.6. The van der Waals surface area contributed by atoms with Gasteiger partial charge in [0.05, 0.1) is 12.2 Å². The fourth-order valence-corrected chi connectivity index (χ4v) is 1.97. The first-order valence-corrected chi connectivity index (χ1v) is 6.46. The first kappa shape index (κ1) is 12.5. The first-order chi connectivity index (χ1) is 9.63. The molecule has 104 valence electrons. The third-order valence-electron chi connectivity index (χ3n) is 3.32. The van der Waals surface area contributed by atoms with Gasteiger partial charge in [-0.1, -0.05) is 0 Å². The third-order valence-corrected chi connectivity index (χ3v) is 3.32. The number of aryl methyl sites for hydroxylation is 1. The molecule has 2 atom stereocenters. The van der Waals surface area contributed by atoms with Gasteiger partial charge in [0.15, 0.2) is 5.65 Å². The molecular weight excluding hydrogens is 256 g/mol. The number of rotatable bonds is 4. The Morgan fingerprint density at radius 1 is 1.25 bits per heavy atom. The van der Waals surface area contributed by atoms with Crippen LogP contribution in [-0.4, -0.2) is 41.1 Å². The Balaban J connectivity index is 1.75. The van der Waals surface area contributed by atoms with Crippen molar-refractivity contribution in [3.8, 4) is 0 Å². The van der Waals surface area contributed by atoms with Crippen LogP contribution in [0, 0.1) is 6.92 Å². The van der Waals surface area contributed by atoms with E-state index in [1.165, 1.54) is 4.63 Å². The fourth-order valence-electron chi connectivity index (χ4n) is 1.97. The van der Waals surface area contributed by atoms with Gasteiger partial charge in [-0.05, 0) is 48.9 Å². The summed E-state index contributed by atoms with van der Waals surface area (Å²) in [5.41, 5.74) is 1.77. The van der Waals surface area contributed by atoms with Crippen LogP contribution in [0.2, 0.25) is 0 Å². The normalized spacial score (nSPS) is 14.3. The minimum absolute atomic E-state index is 0.163. The van der Waals surface area contributed by atoms with E-state index in [9.17, 15) is 0 Å². The molecule has 0 fully saturated rings. The second-order valence-corrected chi connectivity index (χ2v) is 4.92. The Bertz CT molecular complexity index is 715. The summed E-state index contributed by atoms with van der Waals surface area (Å²) in [4.78, 5) is 0. The SMILES string of the molecule is Cc1cnn(C(C)C(C)Nc2ccc3nnnn3n2)c1. The molecule has 1 N–H and O–H groups in total. The van der Waals surface area contributed by atoms with Gasteiger partial charge in [0, 0.05) is 12.2 Å². The molecule has 3 rings (SSSR count). The van der Waals surface area contributed by atoms with Crippen molar-refractivity contribution in [1.29, 1.82) is 0 Å². The van der Waals surface area contributed by atoms with E-state index >= 15 is 0 Å². The quantitative estimate of drug-likeness (QED) is 0.765. The summed E-state index contributed by atoms with van der Waals surface area (Å²) < 4.78 is 3.35. The number of aromatic nitrogens is 7. The predicted molar refractivity (Wildman–Crippen MR) is 73.3 cm³/mol. The minimum atomic E-state index is 0.163. The van der Waals surface area contributed by atoms with Gasteiger partial charge in [-0.3, -0.25) is 4.68 Å². The lowest BCUT2D eigenvalue weighted by Crippen LogP contribution is -2.27. The van der Waals surface area contributed by atoms with Crippen molar-refractivity contribution >= 4 is 11.5 Å². The van der Waals surface area contributed by atoms with E-state index in [-0.39, 0.29) is 12.1 Å². The Hall–Kier alpha value is -2.51. The van der Waals surface area contributed by atoms with Crippen molar-refractivity contribution in [2.75, 3.05) is 5.32 Å². The lowest BCUT2D eigenvalue weighted by Gasteiger charge is -2.22. The zero-order chi connectivity index (χ0) is 14.1. The monoisotopic (exact) mass is 272 g/mol. The molecule has 3 aromatic heterocycles. The number of fused-ring (bicyclic) bond motifs is 1. The van der Waals surface area contributed by atoms with Crippen LogP contribution in [0.15, 0.2) is 24.5 Å². The Morgan fingerprint density at radius 3 is 2.85 bits per heavy atom. The van der Waals surface area contributed by atoms with Crippen molar-refractivity contribution in [2.24, 2.45) is 0 Å². The Labute approximate surface area is 115 Å². The Kier molecular flexibility index (Phi) is 3.05. The maximum absolute atomic E-state index is 4.34. The highest BCUT2D eigenvalue weighted by Gasteiger charge is 2.15. The molecule has 3 heterocycles. The molecule has 0 radical (unpaired) electrons. The molecule has 2 unspecified atom stereocenters. The average Bonchev–Trinajstić information content (AvgIpc) is 3.05. The molecule has 0 bridgehead atoms. The number of hydrogen-bond donors (Lipinski definition) is 1. The van der Waals surface area contributed by atoms with E-state index in [4.69, 9.17) is 0 Å². The summed E-state index contributed by atoms with van der Waals surface area (Å²) in [7, 11) is 0. The summed E-state index contributed by atoms with van der Waals surface area (Å²) in [6, 6.07) is 4.06. The summed E-state index contributed by atoms with van der Waals surface area (Å²) in [6.45, 7) is 6.23. The lowest BCUT2D eigenvalue weighted by atomic mass is 10.2. The van der Waals surface area contributed by atoms with Crippen LogP contribution in [0.1, 0.15) is 25.5 Å². The molecule has 0 aliphatic rings. The van der Waals surface area contributed by atoms with Crippen molar-refractivity contribution in [3.05, 3.63) is 30.1 Å². The summed E-state index contributed by atoms with van der Waals surface area (Å²) in [5.74, 6) is 0.730. The van der Waals surface area contributed by atoms with E-state index in [0.717, 1.165) is 11.4 Å². The van der Waals surface area contributed by atoms with Crippen LogP contribution < -0.4 is 5.32 Å². The number of nitrogens with one attached hydrogen (secondary N) is 1. The first-order valence-electron chi connectivity index (χ1n) is 6.46. The minimum Gasteiger partial charge on any atom is -0.364 e. The van der Waals surface area contributed by atoms with Crippen LogP contribution in [0.4, 0.5) is 5.82 Å². The van der Waals surface area contributed by atoms with Crippen molar-refractivity contribution < 1.29 is 0 Å². The van der Waals surface area contributed by atoms with Crippen LogP contribution >= 0.6 is 0 Å². The highest BCUT2D eigenvalue weighted by molar-refractivity contribution is 5.42. The molecule has 8 nitrogen and oxygen atoms in total. The molecule has 0 saturated carbocycles. The number of nitrogens with zero attached hydrogens (tertiary/aromatic N) is 7. The molecule has 0 aliphatic carbocycles. The van der Waals surface area contributed by atoms with Crippen LogP contribution in [-0.2, 0) is 0 Å². The largest absolute Gasteiger partial charge is 0.364 e. The molecule has 0 aliphatic heterocycles. The van der Waals surface area contributed by atoms with E-state index in [1.54, 1.807) is 0 Å². The summed E-state index contributed by atoms with van der Waals surface area (Å²) in [6.07, 6.45) is 3.88. The summed E-state index contributed by atoms with van der Waals surface area (Å²) >= 11 is 0. The molecule has 3 aromatic rings. The van der Waals surface area contributed by atoms with Gasteiger partial charge < -0.3 is 5.32 Å². The van der Waals surface area contributed by atoms with Crippen LogP contribution in [0.3, 0.4) is 0 Å². The topological polar surface area (TPSA) is 85.8 Å². The average molecular weight is 272 g/mol. The lowest BCUT2D eigenvalue weighted by molar-refractivity contribution is 0.442. The summed E-state index contributed by atoms with van der Waals surface area (Å²) in [5, 5.41) is 23.1. The van der Waals surface area contributed by atoms with Gasteiger partial charge in [-0.2, -0.15) is 5.10 Å².